The zero-order chi connectivity index (χ0) is 15.9. The molecule has 2 heterocycles. The van der Waals surface area contributed by atoms with Crippen molar-refractivity contribution in [1.82, 2.24) is 15.0 Å². The van der Waals surface area contributed by atoms with E-state index < -0.39 is 0 Å². The van der Waals surface area contributed by atoms with Crippen LogP contribution in [0.15, 0.2) is 52.4 Å². The Morgan fingerprint density at radius 2 is 1.92 bits per heavy atom. The van der Waals surface area contributed by atoms with Gasteiger partial charge in [0, 0.05) is 19.6 Å². The van der Waals surface area contributed by atoms with Crippen LogP contribution in [-0.2, 0) is 13.0 Å². The number of hydrogen-bond donors (Lipinski definition) is 1. The predicted molar refractivity (Wildman–Crippen MR) is 99.3 cm³/mol. The molecule has 0 saturated carbocycles. The third kappa shape index (κ3) is 5.14. The fraction of sp³-hybridized carbons (Fsp3) is 0.294. The first-order valence-corrected chi connectivity index (χ1v) is 8.56. The van der Waals surface area contributed by atoms with Gasteiger partial charge in [-0.05, 0) is 23.4 Å². The van der Waals surface area contributed by atoms with Gasteiger partial charge in [-0.3, -0.25) is 4.90 Å². The molecular formula is C17H21ClN4OS. The summed E-state index contributed by atoms with van der Waals surface area (Å²) < 4.78 is 5.38. The lowest BCUT2D eigenvalue weighted by molar-refractivity contribution is 0.234. The van der Waals surface area contributed by atoms with Gasteiger partial charge in [-0.1, -0.05) is 41.6 Å². The quantitative estimate of drug-likeness (QED) is 0.664. The van der Waals surface area contributed by atoms with Crippen LogP contribution in [-0.4, -0.2) is 34.7 Å². The number of benzene rings is 1. The van der Waals surface area contributed by atoms with Crippen LogP contribution in [0, 0.1) is 0 Å². The van der Waals surface area contributed by atoms with E-state index in [1.165, 1.54) is 5.56 Å². The summed E-state index contributed by atoms with van der Waals surface area (Å²) in [4.78, 5) is 7.75. The summed E-state index contributed by atoms with van der Waals surface area (Å²) in [5.74, 6) is 1.29. The van der Waals surface area contributed by atoms with Crippen molar-refractivity contribution in [3.63, 3.8) is 0 Å². The van der Waals surface area contributed by atoms with Gasteiger partial charge in [0.25, 0.3) is 0 Å². The Balaban J connectivity index is 0.00000208. The van der Waals surface area contributed by atoms with Gasteiger partial charge in [0.05, 0.1) is 11.4 Å². The van der Waals surface area contributed by atoms with E-state index >= 15 is 0 Å². The molecular weight excluding hydrogens is 344 g/mol. The van der Waals surface area contributed by atoms with Gasteiger partial charge in [-0.15, -0.1) is 23.7 Å². The first kappa shape index (κ1) is 18.6. The summed E-state index contributed by atoms with van der Waals surface area (Å²) in [6.07, 6.45) is 0.979. The van der Waals surface area contributed by atoms with Gasteiger partial charge in [-0.25, -0.2) is 0 Å². The Hall–Kier alpha value is -1.73. The minimum absolute atomic E-state index is 0. The molecule has 5 nitrogen and oxygen atoms in total. The maximum absolute atomic E-state index is 5.73. The largest absolute Gasteiger partial charge is 0.338 e. The lowest BCUT2D eigenvalue weighted by atomic mass is 10.1. The molecule has 0 aliphatic rings. The highest BCUT2D eigenvalue weighted by Crippen LogP contribution is 2.21. The number of halogens is 1. The zero-order valence-electron chi connectivity index (χ0n) is 13.3. The number of aromatic nitrogens is 2. The fourth-order valence-electron chi connectivity index (χ4n) is 2.40. The van der Waals surface area contributed by atoms with E-state index in [1.807, 2.05) is 23.6 Å². The van der Waals surface area contributed by atoms with Gasteiger partial charge in [-0.2, -0.15) is 4.98 Å². The Morgan fingerprint density at radius 3 is 2.62 bits per heavy atom. The van der Waals surface area contributed by atoms with E-state index in [4.69, 9.17) is 10.3 Å². The van der Waals surface area contributed by atoms with Crippen LogP contribution in [0.25, 0.3) is 10.7 Å². The number of nitrogens with zero attached hydrogens (tertiary/aromatic N) is 3. The van der Waals surface area contributed by atoms with Crippen molar-refractivity contribution in [2.24, 2.45) is 5.73 Å². The van der Waals surface area contributed by atoms with Gasteiger partial charge < -0.3 is 10.3 Å². The molecule has 2 N–H and O–H groups in total. The third-order valence-electron chi connectivity index (χ3n) is 3.57. The van der Waals surface area contributed by atoms with Crippen LogP contribution in [0.1, 0.15) is 11.5 Å². The standard InChI is InChI=1S/C17H20N4OS.ClH/c18-9-11-21(10-8-14-5-2-1-3-6-14)13-16-19-17(20-22-16)15-7-4-12-23-15;/h1-7,12H,8-11,13,18H2;1H. The van der Waals surface area contributed by atoms with Crippen molar-refractivity contribution in [3.05, 3.63) is 59.3 Å². The minimum atomic E-state index is 0. The summed E-state index contributed by atoms with van der Waals surface area (Å²) in [6.45, 7) is 2.96. The highest BCUT2D eigenvalue weighted by atomic mass is 35.5. The molecule has 3 aromatic rings. The van der Waals surface area contributed by atoms with Crippen LogP contribution in [0.4, 0.5) is 0 Å². The average molecular weight is 365 g/mol. The molecule has 0 bridgehead atoms. The van der Waals surface area contributed by atoms with Crippen molar-refractivity contribution in [3.8, 4) is 10.7 Å². The summed E-state index contributed by atoms with van der Waals surface area (Å²) in [5, 5.41) is 6.06. The molecule has 0 aliphatic heterocycles. The second kappa shape index (κ2) is 9.54. The fourth-order valence-corrected chi connectivity index (χ4v) is 3.05. The van der Waals surface area contributed by atoms with E-state index in [9.17, 15) is 0 Å². The van der Waals surface area contributed by atoms with Crippen LogP contribution in [0.5, 0.6) is 0 Å². The Bertz CT molecular complexity index is 702. The first-order valence-electron chi connectivity index (χ1n) is 7.68. The second-order valence-electron chi connectivity index (χ2n) is 5.29. The predicted octanol–water partition coefficient (Wildman–Crippen LogP) is 3.22. The van der Waals surface area contributed by atoms with Crippen molar-refractivity contribution in [2.75, 3.05) is 19.6 Å². The van der Waals surface area contributed by atoms with Crippen molar-refractivity contribution in [2.45, 2.75) is 13.0 Å². The number of nitrogens with two attached hydrogens (primary N) is 1. The third-order valence-corrected chi connectivity index (χ3v) is 4.44. The maximum atomic E-state index is 5.73. The lowest BCUT2D eigenvalue weighted by Crippen LogP contribution is -2.31. The molecule has 3 rings (SSSR count). The normalized spacial score (nSPS) is 10.8. The van der Waals surface area contributed by atoms with Crippen LogP contribution >= 0.6 is 23.7 Å². The second-order valence-corrected chi connectivity index (χ2v) is 6.24. The molecule has 7 heteroatoms. The van der Waals surface area contributed by atoms with Gasteiger partial charge in [0.2, 0.25) is 11.7 Å². The van der Waals surface area contributed by atoms with Crippen LogP contribution in [0.3, 0.4) is 0 Å². The van der Waals surface area contributed by atoms with E-state index in [1.54, 1.807) is 11.3 Å². The maximum Gasteiger partial charge on any atom is 0.241 e. The molecule has 0 spiro atoms. The molecule has 2 aromatic heterocycles. The Labute approximate surface area is 151 Å². The molecule has 128 valence electrons. The molecule has 0 amide bonds. The van der Waals surface area contributed by atoms with Crippen LogP contribution < -0.4 is 5.73 Å². The smallest absolute Gasteiger partial charge is 0.241 e. The molecule has 1 aromatic carbocycles. The van der Waals surface area contributed by atoms with Crippen LogP contribution in [0.2, 0.25) is 0 Å². The monoisotopic (exact) mass is 364 g/mol. The Morgan fingerprint density at radius 1 is 1.08 bits per heavy atom. The summed E-state index contributed by atoms with van der Waals surface area (Å²) in [6, 6.07) is 14.4. The molecule has 24 heavy (non-hydrogen) atoms. The SMILES string of the molecule is Cl.NCCN(CCc1ccccc1)Cc1nc(-c2cccs2)no1. The topological polar surface area (TPSA) is 68.2 Å². The van der Waals surface area contributed by atoms with E-state index in [2.05, 4.69) is 39.3 Å². The molecule has 0 saturated heterocycles. The van der Waals surface area contributed by atoms with Crippen molar-refractivity contribution >= 4 is 23.7 Å². The van der Waals surface area contributed by atoms with E-state index in [0.717, 1.165) is 24.4 Å². The highest BCUT2D eigenvalue weighted by Gasteiger charge is 2.13. The van der Waals surface area contributed by atoms with Gasteiger partial charge in [0.15, 0.2) is 0 Å². The number of hydrogen-bond acceptors (Lipinski definition) is 6. The summed E-state index contributed by atoms with van der Waals surface area (Å²) in [7, 11) is 0. The minimum Gasteiger partial charge on any atom is -0.338 e. The highest BCUT2D eigenvalue weighted by molar-refractivity contribution is 7.13. The lowest BCUT2D eigenvalue weighted by Gasteiger charge is -2.19. The summed E-state index contributed by atoms with van der Waals surface area (Å²) >= 11 is 1.61. The van der Waals surface area contributed by atoms with Gasteiger partial charge >= 0.3 is 0 Å². The van der Waals surface area contributed by atoms with Crippen molar-refractivity contribution < 1.29 is 4.52 Å². The molecule has 0 radical (unpaired) electrons. The van der Waals surface area contributed by atoms with E-state index in [-0.39, 0.29) is 12.4 Å². The molecule has 0 aliphatic carbocycles. The summed E-state index contributed by atoms with van der Waals surface area (Å²) in [5.41, 5.74) is 7.05. The zero-order valence-corrected chi connectivity index (χ0v) is 14.9. The average Bonchev–Trinajstić information content (AvgIpc) is 3.25. The molecule has 0 fully saturated rings. The molecule has 0 atom stereocenters. The Kier molecular flexibility index (Phi) is 7.39. The number of thiophene rings is 1. The van der Waals surface area contributed by atoms with Crippen molar-refractivity contribution in [1.29, 1.82) is 0 Å². The van der Waals surface area contributed by atoms with E-state index in [0.29, 0.717) is 24.8 Å². The molecule has 0 unspecified atom stereocenters. The number of rotatable bonds is 8. The first-order chi connectivity index (χ1) is 11.3. The van der Waals surface area contributed by atoms with Gasteiger partial charge in [0.1, 0.15) is 0 Å².